The Balaban J connectivity index is 2.95. The molecule has 2 aromatic rings. The van der Waals surface area contributed by atoms with Crippen molar-refractivity contribution in [3.63, 3.8) is 0 Å². The van der Waals surface area contributed by atoms with Gasteiger partial charge in [0.1, 0.15) is 0 Å². The van der Waals surface area contributed by atoms with Crippen molar-refractivity contribution in [2.75, 3.05) is 5.73 Å². The van der Waals surface area contributed by atoms with Gasteiger partial charge in [-0.1, -0.05) is 0 Å². The van der Waals surface area contributed by atoms with Crippen molar-refractivity contribution in [3.05, 3.63) is 22.7 Å². The highest BCUT2D eigenvalue weighted by Gasteiger charge is 2.13. The minimum atomic E-state index is -0.0573. The first-order valence-corrected chi connectivity index (χ1v) is 4.85. The second-order valence-electron chi connectivity index (χ2n) is 3.92. The van der Waals surface area contributed by atoms with Crippen LogP contribution in [-0.2, 0) is 7.05 Å². The highest BCUT2D eigenvalue weighted by molar-refractivity contribution is 5.75. The van der Waals surface area contributed by atoms with Gasteiger partial charge in [0.05, 0.1) is 17.4 Å². The fourth-order valence-electron chi connectivity index (χ4n) is 1.75. The van der Waals surface area contributed by atoms with Gasteiger partial charge in [0, 0.05) is 13.1 Å². The van der Waals surface area contributed by atoms with E-state index in [1.54, 1.807) is 23.9 Å². The third-order valence-electron chi connectivity index (χ3n) is 2.46. The summed E-state index contributed by atoms with van der Waals surface area (Å²) < 4.78 is 3.23. The SMILES string of the molecule is CC(C)n1c(=O)n(C)c2ncc(N)cc21. The van der Waals surface area contributed by atoms with Gasteiger partial charge in [0.15, 0.2) is 5.65 Å². The second-order valence-corrected chi connectivity index (χ2v) is 3.92. The molecule has 0 saturated carbocycles. The van der Waals surface area contributed by atoms with Crippen LogP contribution < -0.4 is 11.4 Å². The number of rotatable bonds is 1. The maximum Gasteiger partial charge on any atom is 0.330 e. The highest BCUT2D eigenvalue weighted by atomic mass is 16.1. The number of hydrogen-bond donors (Lipinski definition) is 1. The first-order chi connectivity index (χ1) is 7.02. The van der Waals surface area contributed by atoms with E-state index in [1.165, 1.54) is 4.57 Å². The molecule has 5 nitrogen and oxygen atoms in total. The molecule has 2 rings (SSSR count). The molecule has 0 radical (unpaired) electrons. The third kappa shape index (κ3) is 1.31. The van der Waals surface area contributed by atoms with Crippen LogP contribution in [-0.4, -0.2) is 14.1 Å². The monoisotopic (exact) mass is 206 g/mol. The third-order valence-corrected chi connectivity index (χ3v) is 2.46. The van der Waals surface area contributed by atoms with Gasteiger partial charge in [-0.25, -0.2) is 9.78 Å². The second kappa shape index (κ2) is 3.12. The van der Waals surface area contributed by atoms with Gasteiger partial charge < -0.3 is 5.73 Å². The summed E-state index contributed by atoms with van der Waals surface area (Å²) in [4.78, 5) is 16.0. The zero-order valence-corrected chi connectivity index (χ0v) is 9.06. The van der Waals surface area contributed by atoms with Crippen LogP contribution in [0.2, 0.25) is 0 Å². The fourth-order valence-corrected chi connectivity index (χ4v) is 1.75. The van der Waals surface area contributed by atoms with Crippen molar-refractivity contribution >= 4 is 16.9 Å². The minimum absolute atomic E-state index is 0.0573. The molecular formula is C10H14N4O. The van der Waals surface area contributed by atoms with Crippen LogP contribution in [0, 0.1) is 0 Å². The van der Waals surface area contributed by atoms with Gasteiger partial charge in [-0.05, 0) is 19.9 Å². The summed E-state index contributed by atoms with van der Waals surface area (Å²) in [6, 6.07) is 1.88. The number of anilines is 1. The molecule has 0 bridgehead atoms. The first-order valence-electron chi connectivity index (χ1n) is 4.85. The molecule has 0 saturated heterocycles. The Morgan fingerprint density at radius 1 is 1.47 bits per heavy atom. The van der Waals surface area contributed by atoms with Gasteiger partial charge in [0.25, 0.3) is 0 Å². The van der Waals surface area contributed by atoms with Crippen molar-refractivity contribution in [1.29, 1.82) is 0 Å². The average Bonchev–Trinajstić information content (AvgIpc) is 2.39. The van der Waals surface area contributed by atoms with E-state index in [0.717, 1.165) is 5.52 Å². The number of imidazole rings is 1. The van der Waals surface area contributed by atoms with Crippen LogP contribution >= 0.6 is 0 Å². The molecule has 0 aliphatic heterocycles. The van der Waals surface area contributed by atoms with Gasteiger partial charge in [-0.15, -0.1) is 0 Å². The van der Waals surface area contributed by atoms with Crippen LogP contribution in [0.1, 0.15) is 19.9 Å². The average molecular weight is 206 g/mol. The molecule has 80 valence electrons. The number of aromatic nitrogens is 3. The topological polar surface area (TPSA) is 65.8 Å². The summed E-state index contributed by atoms with van der Waals surface area (Å²) in [5.74, 6) is 0. The van der Waals surface area contributed by atoms with Gasteiger partial charge in [0.2, 0.25) is 0 Å². The Morgan fingerprint density at radius 2 is 2.13 bits per heavy atom. The largest absolute Gasteiger partial charge is 0.397 e. The molecule has 0 spiro atoms. The fraction of sp³-hybridized carbons (Fsp3) is 0.400. The molecule has 0 atom stereocenters. The zero-order valence-electron chi connectivity index (χ0n) is 9.06. The Bertz CT molecular complexity index is 565. The molecule has 2 N–H and O–H groups in total. The summed E-state index contributed by atoms with van der Waals surface area (Å²) in [7, 11) is 1.72. The lowest BCUT2D eigenvalue weighted by Gasteiger charge is -2.06. The van der Waals surface area contributed by atoms with E-state index in [9.17, 15) is 4.79 Å². The highest BCUT2D eigenvalue weighted by Crippen LogP contribution is 2.16. The summed E-state index contributed by atoms with van der Waals surface area (Å²) >= 11 is 0. The molecule has 0 fully saturated rings. The van der Waals surface area contributed by atoms with Gasteiger partial charge >= 0.3 is 5.69 Å². The molecule has 0 aliphatic rings. The lowest BCUT2D eigenvalue weighted by Crippen LogP contribution is -2.23. The smallest absolute Gasteiger partial charge is 0.330 e. The Kier molecular flexibility index (Phi) is 2.03. The summed E-state index contributed by atoms with van der Waals surface area (Å²) in [5.41, 5.74) is 7.64. The summed E-state index contributed by atoms with van der Waals surface area (Å²) in [6.45, 7) is 3.92. The maximum absolute atomic E-state index is 11.9. The van der Waals surface area contributed by atoms with Crippen molar-refractivity contribution in [3.8, 4) is 0 Å². The Hall–Kier alpha value is -1.78. The lowest BCUT2D eigenvalue weighted by molar-refractivity contribution is 0.583. The summed E-state index contributed by atoms with van der Waals surface area (Å²) in [6.07, 6.45) is 1.56. The Labute approximate surface area is 87.1 Å². The van der Waals surface area contributed by atoms with Crippen molar-refractivity contribution in [1.82, 2.24) is 14.1 Å². The summed E-state index contributed by atoms with van der Waals surface area (Å²) in [5, 5.41) is 0. The van der Waals surface area contributed by atoms with Crippen molar-refractivity contribution in [2.45, 2.75) is 19.9 Å². The number of nitrogens with zero attached hydrogens (tertiary/aromatic N) is 3. The van der Waals surface area contributed by atoms with Crippen LogP contribution in [0.3, 0.4) is 0 Å². The van der Waals surface area contributed by atoms with Gasteiger partial charge in [-0.3, -0.25) is 9.13 Å². The van der Waals surface area contributed by atoms with Gasteiger partial charge in [-0.2, -0.15) is 0 Å². The molecule has 15 heavy (non-hydrogen) atoms. The number of aryl methyl sites for hydroxylation is 1. The molecule has 2 aromatic heterocycles. The molecule has 5 heteroatoms. The van der Waals surface area contributed by atoms with E-state index >= 15 is 0 Å². The number of hydrogen-bond acceptors (Lipinski definition) is 3. The first kappa shape index (κ1) is 9.76. The zero-order chi connectivity index (χ0) is 11.2. The molecule has 0 unspecified atom stereocenters. The molecule has 2 heterocycles. The van der Waals surface area contributed by atoms with Crippen LogP contribution in [0.4, 0.5) is 5.69 Å². The van der Waals surface area contributed by atoms with Crippen molar-refractivity contribution in [2.24, 2.45) is 7.05 Å². The van der Waals surface area contributed by atoms with E-state index in [1.807, 2.05) is 13.8 Å². The van der Waals surface area contributed by atoms with E-state index in [0.29, 0.717) is 11.3 Å². The number of nitrogen functional groups attached to an aromatic ring is 1. The van der Waals surface area contributed by atoms with E-state index in [4.69, 9.17) is 5.73 Å². The number of fused-ring (bicyclic) bond motifs is 1. The Morgan fingerprint density at radius 3 is 2.73 bits per heavy atom. The van der Waals surface area contributed by atoms with Crippen LogP contribution in [0.25, 0.3) is 11.2 Å². The molecular weight excluding hydrogens is 192 g/mol. The van der Waals surface area contributed by atoms with Crippen molar-refractivity contribution < 1.29 is 0 Å². The predicted octanol–water partition coefficient (Wildman–Crippen LogP) is 0.898. The lowest BCUT2D eigenvalue weighted by atomic mass is 10.3. The van der Waals surface area contributed by atoms with E-state index in [-0.39, 0.29) is 11.7 Å². The van der Waals surface area contributed by atoms with E-state index in [2.05, 4.69) is 4.98 Å². The molecule has 0 aromatic carbocycles. The quantitative estimate of drug-likeness (QED) is 0.753. The molecule has 0 aliphatic carbocycles. The maximum atomic E-state index is 11.9. The van der Waals surface area contributed by atoms with E-state index < -0.39 is 0 Å². The molecule has 0 amide bonds. The minimum Gasteiger partial charge on any atom is -0.397 e. The number of nitrogens with two attached hydrogens (primary N) is 1. The normalized spacial score (nSPS) is 11.5. The van der Waals surface area contributed by atoms with Crippen LogP contribution in [0.15, 0.2) is 17.1 Å². The standard InChI is InChI=1S/C10H14N4O/c1-6(2)14-8-4-7(11)5-12-9(8)13(3)10(14)15/h4-6H,11H2,1-3H3. The van der Waals surface area contributed by atoms with Crippen LogP contribution in [0.5, 0.6) is 0 Å². The predicted molar refractivity (Wildman–Crippen MR) is 59.8 cm³/mol. The number of pyridine rings is 1.